The molecule has 3 rings (SSSR count). The predicted octanol–water partition coefficient (Wildman–Crippen LogP) is 3.03. The predicted molar refractivity (Wildman–Crippen MR) is 87.8 cm³/mol. The molecule has 0 radical (unpaired) electrons. The molecule has 116 valence electrons. The summed E-state index contributed by atoms with van der Waals surface area (Å²) in [6, 6.07) is 13.7. The first-order chi connectivity index (χ1) is 11.2. The van der Waals surface area contributed by atoms with Gasteiger partial charge in [-0.2, -0.15) is 0 Å². The summed E-state index contributed by atoms with van der Waals surface area (Å²) in [6.45, 7) is 2.44. The number of nitrogens with zero attached hydrogens (tertiary/aromatic N) is 2. The van der Waals surface area contributed by atoms with Crippen LogP contribution in [0.5, 0.6) is 5.75 Å². The van der Waals surface area contributed by atoms with Crippen molar-refractivity contribution in [2.45, 2.75) is 13.5 Å². The summed E-state index contributed by atoms with van der Waals surface area (Å²) >= 11 is 0. The van der Waals surface area contributed by atoms with Crippen molar-refractivity contribution in [2.75, 3.05) is 5.32 Å². The van der Waals surface area contributed by atoms with Gasteiger partial charge in [-0.15, -0.1) is 0 Å². The first kappa shape index (κ1) is 14.8. The van der Waals surface area contributed by atoms with E-state index in [9.17, 15) is 9.59 Å². The molecule has 1 heterocycles. The summed E-state index contributed by atoms with van der Waals surface area (Å²) in [4.78, 5) is 28.2. The first-order valence-corrected chi connectivity index (χ1v) is 7.20. The molecular formula is C17H15N3O3. The quantitative estimate of drug-likeness (QED) is 0.807. The number of carbonyl (C=O) groups excluding carboxylic acids is 1. The molecule has 0 fully saturated rings. The van der Waals surface area contributed by atoms with Crippen LogP contribution in [0.2, 0.25) is 0 Å². The third kappa shape index (κ3) is 3.21. The molecule has 1 N–H and O–H groups in total. The molecule has 0 spiro atoms. The monoisotopic (exact) mass is 309 g/mol. The highest BCUT2D eigenvalue weighted by molar-refractivity contribution is 5.90. The Morgan fingerprint density at radius 3 is 2.74 bits per heavy atom. The van der Waals surface area contributed by atoms with Gasteiger partial charge >= 0.3 is 6.09 Å². The molecule has 3 aromatic rings. The molecule has 0 saturated carbocycles. The third-order valence-corrected chi connectivity index (χ3v) is 3.37. The fourth-order valence-corrected chi connectivity index (χ4v) is 2.20. The summed E-state index contributed by atoms with van der Waals surface area (Å²) in [7, 11) is 0. The summed E-state index contributed by atoms with van der Waals surface area (Å²) in [6.07, 6.45) is 0.897. The summed E-state index contributed by atoms with van der Waals surface area (Å²) < 4.78 is 6.68. The Bertz CT molecular complexity index is 904. The van der Waals surface area contributed by atoms with Crippen LogP contribution in [0, 0.1) is 0 Å². The number of anilines is 1. The van der Waals surface area contributed by atoms with E-state index in [1.807, 2.05) is 13.0 Å². The van der Waals surface area contributed by atoms with Crippen LogP contribution in [0.15, 0.2) is 59.7 Å². The third-order valence-electron chi connectivity index (χ3n) is 3.37. The zero-order valence-corrected chi connectivity index (χ0v) is 12.5. The number of aryl methyl sites for hydroxylation is 1. The molecule has 1 aromatic heterocycles. The van der Waals surface area contributed by atoms with Gasteiger partial charge in [0.2, 0.25) is 0 Å². The lowest BCUT2D eigenvalue weighted by molar-refractivity contribution is 0.215. The summed E-state index contributed by atoms with van der Waals surface area (Å²) in [5, 5.41) is 3.13. The Labute approximate surface area is 132 Å². The van der Waals surface area contributed by atoms with Gasteiger partial charge in [-0.25, -0.2) is 9.78 Å². The minimum Gasteiger partial charge on any atom is -0.410 e. The molecule has 1 amide bonds. The van der Waals surface area contributed by atoms with Gasteiger partial charge in [-0.1, -0.05) is 18.2 Å². The Hall–Kier alpha value is -3.15. The van der Waals surface area contributed by atoms with Crippen LogP contribution >= 0.6 is 0 Å². The minimum absolute atomic E-state index is 0.101. The molecule has 0 saturated heterocycles. The molecule has 0 aliphatic rings. The normalized spacial score (nSPS) is 10.5. The van der Waals surface area contributed by atoms with Crippen molar-refractivity contribution in [3.8, 4) is 5.75 Å². The van der Waals surface area contributed by atoms with Gasteiger partial charge in [0.25, 0.3) is 5.56 Å². The number of para-hydroxylation sites is 1. The minimum atomic E-state index is -0.600. The lowest BCUT2D eigenvalue weighted by Gasteiger charge is -2.08. The van der Waals surface area contributed by atoms with Crippen LogP contribution in [-0.4, -0.2) is 15.6 Å². The topological polar surface area (TPSA) is 73.2 Å². The van der Waals surface area contributed by atoms with E-state index >= 15 is 0 Å². The number of carbonyl (C=O) groups is 1. The largest absolute Gasteiger partial charge is 0.417 e. The van der Waals surface area contributed by atoms with E-state index in [0.717, 1.165) is 0 Å². The zero-order valence-electron chi connectivity index (χ0n) is 12.5. The highest BCUT2D eigenvalue weighted by Crippen LogP contribution is 2.16. The molecule has 6 nitrogen and oxygen atoms in total. The molecule has 0 bridgehead atoms. The van der Waals surface area contributed by atoms with Gasteiger partial charge in [0, 0.05) is 12.2 Å². The van der Waals surface area contributed by atoms with Crippen molar-refractivity contribution in [3.63, 3.8) is 0 Å². The second-order valence-electron chi connectivity index (χ2n) is 4.90. The molecule has 2 aromatic carbocycles. The van der Waals surface area contributed by atoms with Crippen molar-refractivity contribution in [1.82, 2.24) is 9.55 Å². The summed E-state index contributed by atoms with van der Waals surface area (Å²) in [5.74, 6) is 0.453. The standard InChI is InChI=1S/C17H15N3O3/c1-2-20-11-18-15-10-12(8-9-14(15)16(20)21)19-17(22)23-13-6-4-3-5-7-13/h3-11H,2H2,1H3,(H,19,22). The number of fused-ring (bicyclic) bond motifs is 1. The van der Waals surface area contributed by atoms with Crippen molar-refractivity contribution in [1.29, 1.82) is 0 Å². The maximum absolute atomic E-state index is 12.1. The number of benzene rings is 2. The number of nitrogens with one attached hydrogen (secondary N) is 1. The Kier molecular flexibility index (Phi) is 4.05. The molecule has 0 aliphatic heterocycles. The molecular weight excluding hydrogens is 294 g/mol. The molecule has 0 atom stereocenters. The van der Waals surface area contributed by atoms with Crippen LogP contribution in [0.25, 0.3) is 10.9 Å². The van der Waals surface area contributed by atoms with Gasteiger partial charge in [0.15, 0.2) is 0 Å². The fourth-order valence-electron chi connectivity index (χ4n) is 2.20. The van der Waals surface area contributed by atoms with E-state index in [2.05, 4.69) is 10.3 Å². The summed E-state index contributed by atoms with van der Waals surface area (Å²) in [5.41, 5.74) is 0.938. The van der Waals surface area contributed by atoms with E-state index in [1.165, 1.54) is 10.9 Å². The SMILES string of the molecule is CCn1cnc2cc(NC(=O)Oc3ccccc3)ccc2c1=O. The highest BCUT2D eigenvalue weighted by Gasteiger charge is 2.08. The van der Waals surface area contributed by atoms with Gasteiger partial charge in [-0.3, -0.25) is 14.7 Å². The van der Waals surface area contributed by atoms with Crippen LogP contribution in [-0.2, 0) is 6.54 Å². The number of hydrogen-bond acceptors (Lipinski definition) is 4. The first-order valence-electron chi connectivity index (χ1n) is 7.20. The number of rotatable bonds is 3. The second kappa shape index (κ2) is 6.31. The van der Waals surface area contributed by atoms with Gasteiger partial charge in [0.05, 0.1) is 17.2 Å². The zero-order chi connectivity index (χ0) is 16.2. The van der Waals surface area contributed by atoms with Crippen LogP contribution < -0.4 is 15.6 Å². The van der Waals surface area contributed by atoms with Gasteiger partial charge in [-0.05, 0) is 37.3 Å². The van der Waals surface area contributed by atoms with Gasteiger partial charge < -0.3 is 4.74 Å². The smallest absolute Gasteiger partial charge is 0.410 e. The van der Waals surface area contributed by atoms with Gasteiger partial charge in [0.1, 0.15) is 5.75 Å². The Balaban J connectivity index is 1.81. The van der Waals surface area contributed by atoms with Crippen molar-refractivity contribution in [3.05, 3.63) is 65.2 Å². The van der Waals surface area contributed by atoms with E-state index in [1.54, 1.807) is 42.5 Å². The van der Waals surface area contributed by atoms with E-state index in [0.29, 0.717) is 28.9 Å². The number of aromatic nitrogens is 2. The molecule has 0 unspecified atom stereocenters. The molecule has 23 heavy (non-hydrogen) atoms. The number of ether oxygens (including phenoxy) is 1. The Morgan fingerprint density at radius 1 is 1.22 bits per heavy atom. The van der Waals surface area contributed by atoms with E-state index in [-0.39, 0.29) is 5.56 Å². The maximum Gasteiger partial charge on any atom is 0.417 e. The number of hydrogen-bond donors (Lipinski definition) is 1. The van der Waals surface area contributed by atoms with E-state index in [4.69, 9.17) is 4.74 Å². The fraction of sp³-hybridized carbons (Fsp3) is 0.118. The molecule has 0 aliphatic carbocycles. The van der Waals surface area contributed by atoms with Crippen LogP contribution in [0.3, 0.4) is 0 Å². The van der Waals surface area contributed by atoms with Crippen molar-refractivity contribution < 1.29 is 9.53 Å². The van der Waals surface area contributed by atoms with Crippen molar-refractivity contribution in [2.24, 2.45) is 0 Å². The highest BCUT2D eigenvalue weighted by atomic mass is 16.6. The maximum atomic E-state index is 12.1. The molecule has 6 heteroatoms. The lowest BCUT2D eigenvalue weighted by Crippen LogP contribution is -2.20. The van der Waals surface area contributed by atoms with E-state index < -0.39 is 6.09 Å². The lowest BCUT2D eigenvalue weighted by atomic mass is 10.2. The number of amides is 1. The Morgan fingerprint density at radius 2 is 2.00 bits per heavy atom. The average Bonchev–Trinajstić information content (AvgIpc) is 2.56. The second-order valence-corrected chi connectivity index (χ2v) is 4.90. The van der Waals surface area contributed by atoms with Crippen LogP contribution in [0.1, 0.15) is 6.92 Å². The van der Waals surface area contributed by atoms with Crippen LogP contribution in [0.4, 0.5) is 10.5 Å². The van der Waals surface area contributed by atoms with Crippen molar-refractivity contribution >= 4 is 22.7 Å². The average molecular weight is 309 g/mol.